The molecule has 0 saturated heterocycles. The normalized spacial score (nSPS) is 23.8. The van der Waals surface area contributed by atoms with Gasteiger partial charge in [-0.2, -0.15) is 13.2 Å². The topological polar surface area (TPSA) is 68.5 Å². The fraction of sp³-hybridized carbons (Fsp3) is 0.286. The Kier molecular flexibility index (Phi) is 6.19. The third-order valence-electron chi connectivity index (χ3n) is 3.02. The van der Waals surface area contributed by atoms with Crippen LogP contribution in [0.3, 0.4) is 0 Å². The first kappa shape index (κ1) is 19.1. The van der Waals surface area contributed by atoms with Crippen molar-refractivity contribution in [3.05, 3.63) is 51.6 Å². The van der Waals surface area contributed by atoms with Crippen LogP contribution in [-0.4, -0.2) is 25.9 Å². The highest BCUT2D eigenvalue weighted by molar-refractivity contribution is 8.05. The molecule has 0 spiro atoms. The van der Waals surface area contributed by atoms with Crippen molar-refractivity contribution in [3.63, 3.8) is 0 Å². The molecular formula is C14H11Cl2F3N2O2S. The zero-order valence-corrected chi connectivity index (χ0v) is 14.3. The second-order valence-corrected chi connectivity index (χ2v) is 7.04. The van der Waals surface area contributed by atoms with Crippen LogP contribution in [-0.2, 0) is 16.9 Å². The minimum atomic E-state index is -4.78. The van der Waals surface area contributed by atoms with E-state index in [1.165, 1.54) is 18.5 Å². The number of aliphatic imine (C=N–C) groups is 1. The average Bonchev–Trinajstić information content (AvgIpc) is 2.45. The summed E-state index contributed by atoms with van der Waals surface area (Å²) in [4.78, 5) is 7.22. The van der Waals surface area contributed by atoms with Crippen LogP contribution in [0.5, 0.6) is 0 Å². The van der Waals surface area contributed by atoms with Crippen molar-refractivity contribution in [1.82, 2.24) is 4.98 Å². The predicted molar refractivity (Wildman–Crippen MR) is 87.6 cm³/mol. The van der Waals surface area contributed by atoms with Gasteiger partial charge in [0.2, 0.25) is 5.04 Å². The third kappa shape index (κ3) is 4.89. The van der Waals surface area contributed by atoms with Crippen LogP contribution in [0, 0.1) is 0 Å². The maximum Gasteiger partial charge on any atom is 0.433 e. The van der Waals surface area contributed by atoms with E-state index in [0.717, 1.165) is 0 Å². The summed E-state index contributed by atoms with van der Waals surface area (Å²) in [5.74, 6) is -0.712. The van der Waals surface area contributed by atoms with E-state index in [-0.39, 0.29) is 33.7 Å². The monoisotopic (exact) mass is 398 g/mol. The summed E-state index contributed by atoms with van der Waals surface area (Å²) in [6.45, 7) is 0. The lowest BCUT2D eigenvalue weighted by Crippen LogP contribution is -2.21. The molecule has 1 aliphatic rings. The SMILES string of the molecule is [O-][S+](Cc1c(Cl)cncc1Cl)/C1=N/C(C(F)(F)F)=C\C(O)=C/CC1. The van der Waals surface area contributed by atoms with E-state index in [1.807, 2.05) is 0 Å². The van der Waals surface area contributed by atoms with Crippen molar-refractivity contribution < 1.29 is 22.8 Å². The molecule has 0 aromatic carbocycles. The van der Waals surface area contributed by atoms with Gasteiger partial charge in [-0.3, -0.25) is 4.98 Å². The molecule has 4 nitrogen and oxygen atoms in total. The van der Waals surface area contributed by atoms with Crippen molar-refractivity contribution in [2.24, 2.45) is 4.99 Å². The van der Waals surface area contributed by atoms with Gasteiger partial charge in [-0.05, 0) is 12.5 Å². The van der Waals surface area contributed by atoms with Crippen LogP contribution in [0.25, 0.3) is 0 Å². The molecule has 24 heavy (non-hydrogen) atoms. The number of pyridine rings is 1. The largest absolute Gasteiger partial charge is 0.610 e. The average molecular weight is 399 g/mol. The van der Waals surface area contributed by atoms with Gasteiger partial charge in [-0.15, -0.1) is 0 Å². The highest BCUT2D eigenvalue weighted by atomic mass is 35.5. The minimum absolute atomic E-state index is 0.00438. The molecule has 1 aromatic heterocycles. The summed E-state index contributed by atoms with van der Waals surface area (Å²) in [7, 11) is 0. The van der Waals surface area contributed by atoms with E-state index in [9.17, 15) is 22.8 Å². The maximum atomic E-state index is 13.0. The molecule has 1 atom stereocenters. The number of aliphatic hydroxyl groups is 1. The Labute approximate surface area is 148 Å². The first-order chi connectivity index (χ1) is 11.2. The van der Waals surface area contributed by atoms with E-state index in [0.29, 0.717) is 11.6 Å². The van der Waals surface area contributed by atoms with Crippen LogP contribution >= 0.6 is 23.2 Å². The Bertz CT molecular complexity index is 700. The van der Waals surface area contributed by atoms with E-state index < -0.39 is 28.8 Å². The van der Waals surface area contributed by atoms with Gasteiger partial charge in [0.1, 0.15) is 11.5 Å². The lowest BCUT2D eigenvalue weighted by Gasteiger charge is -2.16. The van der Waals surface area contributed by atoms with E-state index >= 15 is 0 Å². The summed E-state index contributed by atoms with van der Waals surface area (Å²) in [5, 5.41) is 9.58. The first-order valence-corrected chi connectivity index (χ1v) is 8.68. The number of halogens is 5. The Morgan fingerprint density at radius 2 is 1.88 bits per heavy atom. The molecule has 0 amide bonds. The number of hydrogen-bond donors (Lipinski definition) is 1. The first-order valence-electron chi connectivity index (χ1n) is 6.60. The van der Waals surface area contributed by atoms with E-state index in [2.05, 4.69) is 9.98 Å². The fourth-order valence-electron chi connectivity index (χ4n) is 1.87. The molecule has 1 unspecified atom stereocenters. The number of allylic oxidation sites excluding steroid dienone is 3. The summed E-state index contributed by atoms with van der Waals surface area (Å²) >= 11 is 10.0. The van der Waals surface area contributed by atoms with Gasteiger partial charge < -0.3 is 9.66 Å². The molecule has 0 saturated carbocycles. The number of aliphatic hydroxyl groups excluding tert-OH is 1. The molecule has 1 N–H and O–H groups in total. The Hall–Kier alpha value is -1.22. The van der Waals surface area contributed by atoms with Crippen molar-refractivity contribution in [3.8, 4) is 0 Å². The number of aromatic nitrogens is 1. The summed E-state index contributed by atoms with van der Waals surface area (Å²) < 4.78 is 51.3. The van der Waals surface area contributed by atoms with Crippen LogP contribution in [0.15, 0.2) is 41.0 Å². The molecule has 0 fully saturated rings. The molecule has 0 radical (unpaired) electrons. The molecule has 10 heteroatoms. The number of hydrogen-bond acceptors (Lipinski definition) is 4. The lowest BCUT2D eigenvalue weighted by molar-refractivity contribution is -0.0925. The molecule has 1 aliphatic heterocycles. The highest BCUT2D eigenvalue weighted by Gasteiger charge is 2.36. The molecular weight excluding hydrogens is 388 g/mol. The Morgan fingerprint density at radius 3 is 2.46 bits per heavy atom. The van der Waals surface area contributed by atoms with Gasteiger partial charge in [-0.25, -0.2) is 4.99 Å². The zero-order chi connectivity index (χ0) is 17.9. The van der Waals surface area contributed by atoms with Crippen LogP contribution in [0.1, 0.15) is 18.4 Å². The van der Waals surface area contributed by atoms with Gasteiger partial charge in [0.05, 0.1) is 10.0 Å². The van der Waals surface area contributed by atoms with Crippen LogP contribution in [0.2, 0.25) is 10.0 Å². The quantitative estimate of drug-likeness (QED) is 0.732. The second kappa shape index (κ2) is 7.77. The van der Waals surface area contributed by atoms with E-state index in [1.54, 1.807) is 0 Å². The van der Waals surface area contributed by atoms with Gasteiger partial charge in [0, 0.05) is 41.6 Å². The number of alkyl halides is 3. The summed E-state index contributed by atoms with van der Waals surface area (Å²) in [6, 6.07) is 0. The molecule has 0 aliphatic carbocycles. The standard InChI is InChI=1S/C14H11Cl2F3N2O2S/c15-10-5-20-6-11(16)9(10)7-24(23)13-3-1-2-8(22)4-12(21-13)14(17,18)19/h2,4-6,22H,1,3,7H2/b8-2+,12-4-,21-13+. The molecule has 130 valence electrons. The smallest absolute Gasteiger partial charge is 0.433 e. The summed E-state index contributed by atoms with van der Waals surface area (Å²) in [5.41, 5.74) is -0.987. The van der Waals surface area contributed by atoms with Crippen molar-refractivity contribution >= 4 is 39.4 Å². The fourth-order valence-corrected chi connectivity index (χ4v) is 3.81. The molecule has 1 aromatic rings. The Morgan fingerprint density at radius 1 is 1.25 bits per heavy atom. The van der Waals surface area contributed by atoms with Gasteiger partial charge >= 0.3 is 6.18 Å². The van der Waals surface area contributed by atoms with Crippen LogP contribution < -0.4 is 0 Å². The number of nitrogens with zero attached hydrogens (tertiary/aromatic N) is 2. The molecule has 2 heterocycles. The minimum Gasteiger partial charge on any atom is -0.610 e. The lowest BCUT2D eigenvalue weighted by atomic mass is 10.2. The molecule has 2 rings (SSSR count). The van der Waals surface area contributed by atoms with Crippen molar-refractivity contribution in [2.45, 2.75) is 24.8 Å². The van der Waals surface area contributed by atoms with E-state index in [4.69, 9.17) is 23.2 Å². The van der Waals surface area contributed by atoms with Crippen molar-refractivity contribution in [2.75, 3.05) is 0 Å². The van der Waals surface area contributed by atoms with Gasteiger partial charge in [-0.1, -0.05) is 23.2 Å². The Balaban J connectivity index is 2.32. The summed E-state index contributed by atoms with van der Waals surface area (Å²) in [6.07, 6.45) is -0.239. The van der Waals surface area contributed by atoms with Gasteiger partial charge in [0.25, 0.3) is 0 Å². The highest BCUT2D eigenvalue weighted by Crippen LogP contribution is 2.31. The second-order valence-electron chi connectivity index (χ2n) is 4.77. The number of rotatable bonds is 2. The van der Waals surface area contributed by atoms with Gasteiger partial charge in [0.15, 0.2) is 5.70 Å². The van der Waals surface area contributed by atoms with Crippen LogP contribution in [0.4, 0.5) is 13.2 Å². The maximum absolute atomic E-state index is 13.0. The van der Waals surface area contributed by atoms with Crippen molar-refractivity contribution in [1.29, 1.82) is 0 Å². The molecule has 0 bridgehead atoms. The zero-order valence-electron chi connectivity index (χ0n) is 12.0. The third-order valence-corrected chi connectivity index (χ3v) is 5.05. The predicted octanol–water partition coefficient (Wildman–Crippen LogP) is 4.72.